The molecule has 26 heavy (non-hydrogen) atoms. The molecule has 1 saturated heterocycles. The first-order valence-electron chi connectivity index (χ1n) is 8.98. The van der Waals surface area contributed by atoms with E-state index in [0.29, 0.717) is 11.6 Å². The van der Waals surface area contributed by atoms with Gasteiger partial charge in [-0.1, -0.05) is 50.4 Å². The lowest BCUT2D eigenvalue weighted by molar-refractivity contribution is -0.135. The molecular weight excluding hydrogens is 373 g/mol. The van der Waals surface area contributed by atoms with E-state index < -0.39 is 6.04 Å². The molecule has 1 heterocycles. The van der Waals surface area contributed by atoms with Gasteiger partial charge in [0.05, 0.1) is 18.6 Å². The lowest BCUT2D eigenvalue weighted by Crippen LogP contribution is -2.48. The summed E-state index contributed by atoms with van der Waals surface area (Å²) in [5, 5.41) is 3.37. The first-order valence-corrected chi connectivity index (χ1v) is 9.36. The number of halogens is 2. The highest BCUT2D eigenvalue weighted by Crippen LogP contribution is 2.30. The molecule has 1 aliphatic rings. The van der Waals surface area contributed by atoms with E-state index in [9.17, 15) is 9.59 Å². The Morgan fingerprint density at radius 1 is 1.23 bits per heavy atom. The number of amides is 2. The maximum Gasteiger partial charge on any atom is 0.242 e. The average Bonchev–Trinajstić information content (AvgIpc) is 2.85. The minimum absolute atomic E-state index is 0. The average molecular weight is 402 g/mol. The van der Waals surface area contributed by atoms with Gasteiger partial charge in [-0.2, -0.15) is 0 Å². The summed E-state index contributed by atoms with van der Waals surface area (Å²) in [6.45, 7) is 4.47. The molecule has 0 aliphatic carbocycles. The Morgan fingerprint density at radius 2 is 1.88 bits per heavy atom. The van der Waals surface area contributed by atoms with E-state index in [-0.39, 0.29) is 42.7 Å². The van der Waals surface area contributed by atoms with Crippen LogP contribution in [0.2, 0.25) is 5.02 Å². The number of benzene rings is 1. The van der Waals surface area contributed by atoms with E-state index in [2.05, 4.69) is 5.32 Å². The standard InChI is InChI=1S/C19H28ClN3O2.ClH/c1-13(2)18(21)19(25)22-12-17(24)23-11-5-3-4-6-16(23)14-7-9-15(20)10-8-14;/h7-10,13,16,18H,3-6,11-12,21H2,1-2H3,(H,22,25);1H/t16?,18-;/m0./s1. The van der Waals surface area contributed by atoms with Crippen molar-refractivity contribution in [2.24, 2.45) is 11.7 Å². The second-order valence-electron chi connectivity index (χ2n) is 6.99. The van der Waals surface area contributed by atoms with E-state index in [1.165, 1.54) is 0 Å². The third-order valence-corrected chi connectivity index (χ3v) is 5.01. The first-order chi connectivity index (χ1) is 11.9. The molecule has 7 heteroatoms. The van der Waals surface area contributed by atoms with E-state index in [1.807, 2.05) is 43.0 Å². The zero-order valence-corrected chi connectivity index (χ0v) is 17.0. The molecule has 0 aromatic heterocycles. The van der Waals surface area contributed by atoms with Crippen molar-refractivity contribution in [1.82, 2.24) is 10.2 Å². The number of rotatable bonds is 5. The van der Waals surface area contributed by atoms with Crippen LogP contribution in [0.3, 0.4) is 0 Å². The molecule has 1 fully saturated rings. The van der Waals surface area contributed by atoms with Crippen molar-refractivity contribution in [2.75, 3.05) is 13.1 Å². The maximum atomic E-state index is 12.7. The van der Waals surface area contributed by atoms with Gasteiger partial charge in [0.25, 0.3) is 0 Å². The molecule has 1 aliphatic heterocycles. The lowest BCUT2D eigenvalue weighted by Gasteiger charge is -2.31. The van der Waals surface area contributed by atoms with Crippen LogP contribution < -0.4 is 11.1 Å². The first kappa shape index (κ1) is 22.7. The van der Waals surface area contributed by atoms with Gasteiger partial charge in [0, 0.05) is 11.6 Å². The van der Waals surface area contributed by atoms with Crippen LogP contribution in [0, 0.1) is 5.92 Å². The van der Waals surface area contributed by atoms with Gasteiger partial charge in [-0.05, 0) is 36.5 Å². The second-order valence-corrected chi connectivity index (χ2v) is 7.43. The summed E-state index contributed by atoms with van der Waals surface area (Å²) in [6, 6.07) is 7.10. The lowest BCUT2D eigenvalue weighted by atomic mass is 10.0. The third-order valence-electron chi connectivity index (χ3n) is 4.76. The van der Waals surface area contributed by atoms with Crippen molar-refractivity contribution in [3.05, 3.63) is 34.9 Å². The van der Waals surface area contributed by atoms with Crippen molar-refractivity contribution in [3.8, 4) is 0 Å². The van der Waals surface area contributed by atoms with Gasteiger partial charge in [-0.15, -0.1) is 12.4 Å². The van der Waals surface area contributed by atoms with Crippen molar-refractivity contribution in [3.63, 3.8) is 0 Å². The van der Waals surface area contributed by atoms with Gasteiger partial charge in [-0.25, -0.2) is 0 Å². The highest BCUT2D eigenvalue weighted by molar-refractivity contribution is 6.30. The van der Waals surface area contributed by atoms with Crippen molar-refractivity contribution >= 4 is 35.8 Å². The second kappa shape index (κ2) is 10.8. The molecule has 0 radical (unpaired) electrons. The minimum atomic E-state index is -0.594. The largest absolute Gasteiger partial charge is 0.346 e. The number of nitrogens with one attached hydrogen (secondary N) is 1. The summed E-state index contributed by atoms with van der Waals surface area (Å²) in [6.07, 6.45) is 4.10. The molecule has 1 aromatic carbocycles. The molecule has 5 nitrogen and oxygen atoms in total. The summed E-state index contributed by atoms with van der Waals surface area (Å²) < 4.78 is 0. The van der Waals surface area contributed by atoms with E-state index >= 15 is 0 Å². The summed E-state index contributed by atoms with van der Waals surface area (Å²) in [5.74, 6) is -0.303. The summed E-state index contributed by atoms with van der Waals surface area (Å²) in [7, 11) is 0. The van der Waals surface area contributed by atoms with Crippen molar-refractivity contribution in [2.45, 2.75) is 51.6 Å². The number of carbonyl (C=O) groups is 2. The quantitative estimate of drug-likeness (QED) is 0.794. The SMILES string of the molecule is CC(C)[C@H](N)C(=O)NCC(=O)N1CCCCCC1c1ccc(Cl)cc1.Cl. The van der Waals surface area contributed by atoms with Crippen LogP contribution in [0.25, 0.3) is 0 Å². The van der Waals surface area contributed by atoms with Crippen LogP contribution >= 0.6 is 24.0 Å². The smallest absolute Gasteiger partial charge is 0.242 e. The van der Waals surface area contributed by atoms with Gasteiger partial charge in [0.15, 0.2) is 0 Å². The predicted octanol–water partition coefficient (Wildman–Crippen LogP) is 3.31. The molecule has 1 aromatic rings. The topological polar surface area (TPSA) is 75.4 Å². The molecule has 3 N–H and O–H groups in total. The number of carbonyl (C=O) groups excluding carboxylic acids is 2. The number of hydrogen-bond donors (Lipinski definition) is 2. The van der Waals surface area contributed by atoms with Crippen LogP contribution in [-0.2, 0) is 9.59 Å². The van der Waals surface area contributed by atoms with Crippen LogP contribution in [0.1, 0.15) is 51.1 Å². The van der Waals surface area contributed by atoms with Gasteiger partial charge >= 0.3 is 0 Å². The highest BCUT2D eigenvalue weighted by atomic mass is 35.5. The zero-order valence-electron chi connectivity index (χ0n) is 15.4. The van der Waals surface area contributed by atoms with Gasteiger partial charge < -0.3 is 16.0 Å². The van der Waals surface area contributed by atoms with Crippen molar-refractivity contribution in [1.29, 1.82) is 0 Å². The number of nitrogens with zero attached hydrogens (tertiary/aromatic N) is 1. The van der Waals surface area contributed by atoms with Gasteiger partial charge in [0.2, 0.25) is 11.8 Å². The fourth-order valence-electron chi connectivity index (χ4n) is 3.12. The highest BCUT2D eigenvalue weighted by Gasteiger charge is 2.27. The predicted molar refractivity (Wildman–Crippen MR) is 107 cm³/mol. The number of likely N-dealkylation sites (tertiary alicyclic amines) is 1. The number of nitrogens with two attached hydrogens (primary N) is 1. The number of hydrogen-bond acceptors (Lipinski definition) is 3. The summed E-state index contributed by atoms with van der Waals surface area (Å²) >= 11 is 5.98. The van der Waals surface area contributed by atoms with E-state index in [1.54, 1.807) is 0 Å². The molecule has 2 amide bonds. The zero-order chi connectivity index (χ0) is 18.4. The molecular formula is C19H29Cl2N3O2. The maximum absolute atomic E-state index is 12.7. The monoisotopic (exact) mass is 401 g/mol. The Kier molecular flexibility index (Phi) is 9.41. The molecule has 0 spiro atoms. The van der Waals surface area contributed by atoms with Crippen molar-refractivity contribution < 1.29 is 9.59 Å². The Hall–Kier alpha value is -1.30. The molecule has 0 saturated carbocycles. The van der Waals surface area contributed by atoms with Crippen LogP contribution in [0.4, 0.5) is 0 Å². The van der Waals surface area contributed by atoms with E-state index in [0.717, 1.165) is 31.2 Å². The summed E-state index contributed by atoms with van der Waals surface area (Å²) in [4.78, 5) is 26.6. The van der Waals surface area contributed by atoms with Gasteiger partial charge in [-0.3, -0.25) is 9.59 Å². The molecule has 2 rings (SSSR count). The van der Waals surface area contributed by atoms with Gasteiger partial charge in [0.1, 0.15) is 0 Å². The normalized spacial score (nSPS) is 18.7. The molecule has 146 valence electrons. The third kappa shape index (κ3) is 6.15. The summed E-state index contributed by atoms with van der Waals surface area (Å²) in [5.41, 5.74) is 6.92. The van der Waals surface area contributed by atoms with Crippen LogP contribution in [-0.4, -0.2) is 35.8 Å². The molecule has 0 bridgehead atoms. The fraction of sp³-hybridized carbons (Fsp3) is 0.579. The Labute approximate surface area is 167 Å². The minimum Gasteiger partial charge on any atom is -0.346 e. The molecule has 2 atom stereocenters. The molecule has 1 unspecified atom stereocenters. The van der Waals surface area contributed by atoms with Crippen LogP contribution in [0.5, 0.6) is 0 Å². The fourth-order valence-corrected chi connectivity index (χ4v) is 3.25. The Balaban J connectivity index is 0.00000338. The Morgan fingerprint density at radius 3 is 2.50 bits per heavy atom. The van der Waals surface area contributed by atoms with Crippen LogP contribution in [0.15, 0.2) is 24.3 Å². The Bertz CT molecular complexity index is 593. The van der Waals surface area contributed by atoms with E-state index in [4.69, 9.17) is 17.3 Å².